The lowest BCUT2D eigenvalue weighted by atomic mass is 9.95. The standard InChI is InChI=1S/C20H23NO3S2/c1-20(2,3)18-11-12-19(25-18)26(23,24)21-13-17(22)16-10-6-8-14-7-4-5-9-15(14)16/h4-12,17,21-22H,13H2,1-3H3. The Morgan fingerprint density at radius 3 is 2.42 bits per heavy atom. The van der Waals surface area contributed by atoms with Crippen LogP contribution in [-0.4, -0.2) is 20.1 Å². The predicted octanol–water partition coefficient (Wildman–Crippen LogP) is 4.21. The maximum absolute atomic E-state index is 12.6. The van der Waals surface area contributed by atoms with Gasteiger partial charge in [0.05, 0.1) is 6.10 Å². The number of thiophene rings is 1. The third kappa shape index (κ3) is 3.99. The normalized spacial score (nSPS) is 13.8. The molecule has 0 fully saturated rings. The van der Waals surface area contributed by atoms with Gasteiger partial charge in [-0.3, -0.25) is 0 Å². The molecule has 0 saturated heterocycles. The quantitative estimate of drug-likeness (QED) is 0.687. The Hall–Kier alpha value is -1.73. The van der Waals surface area contributed by atoms with E-state index in [1.54, 1.807) is 6.07 Å². The van der Waals surface area contributed by atoms with Gasteiger partial charge in [0.15, 0.2) is 0 Å². The van der Waals surface area contributed by atoms with Crippen LogP contribution in [0.1, 0.15) is 37.3 Å². The predicted molar refractivity (Wildman–Crippen MR) is 107 cm³/mol. The SMILES string of the molecule is CC(C)(C)c1ccc(S(=O)(=O)NCC(O)c2cccc3ccccc23)s1. The smallest absolute Gasteiger partial charge is 0.250 e. The Labute approximate surface area is 158 Å². The molecule has 0 bridgehead atoms. The van der Waals surface area contributed by atoms with Gasteiger partial charge < -0.3 is 5.11 Å². The van der Waals surface area contributed by atoms with E-state index in [0.717, 1.165) is 15.6 Å². The molecule has 3 aromatic rings. The fourth-order valence-electron chi connectivity index (χ4n) is 2.78. The summed E-state index contributed by atoms with van der Waals surface area (Å²) in [6.07, 6.45) is -0.919. The second kappa shape index (κ2) is 7.12. The summed E-state index contributed by atoms with van der Waals surface area (Å²) in [5.74, 6) is 0. The molecule has 26 heavy (non-hydrogen) atoms. The number of aliphatic hydroxyl groups is 1. The van der Waals surface area contributed by atoms with Gasteiger partial charge in [0.2, 0.25) is 10.0 Å². The molecule has 1 atom stereocenters. The minimum atomic E-state index is -3.65. The number of hydrogen-bond acceptors (Lipinski definition) is 4. The third-order valence-corrected chi connectivity index (χ3v) is 7.66. The molecule has 2 aromatic carbocycles. The summed E-state index contributed by atoms with van der Waals surface area (Å²) < 4.78 is 27.9. The maximum Gasteiger partial charge on any atom is 0.250 e. The molecule has 0 aliphatic carbocycles. The van der Waals surface area contributed by atoms with Crippen LogP contribution in [0, 0.1) is 0 Å². The summed E-state index contributed by atoms with van der Waals surface area (Å²) in [5, 5.41) is 12.5. The molecule has 2 N–H and O–H groups in total. The number of aliphatic hydroxyl groups excluding tert-OH is 1. The Morgan fingerprint density at radius 1 is 1.04 bits per heavy atom. The topological polar surface area (TPSA) is 66.4 Å². The zero-order valence-corrected chi connectivity index (χ0v) is 16.7. The summed E-state index contributed by atoms with van der Waals surface area (Å²) in [5.41, 5.74) is 0.619. The maximum atomic E-state index is 12.6. The first kappa shape index (κ1) is 19.0. The highest BCUT2D eigenvalue weighted by Crippen LogP contribution is 2.32. The summed E-state index contributed by atoms with van der Waals surface area (Å²) in [7, 11) is -3.65. The molecule has 3 rings (SSSR count). The lowest BCUT2D eigenvalue weighted by Crippen LogP contribution is -2.28. The third-order valence-electron chi connectivity index (χ3n) is 4.23. The van der Waals surface area contributed by atoms with Gasteiger partial charge in [-0.25, -0.2) is 13.1 Å². The van der Waals surface area contributed by atoms with Crippen LogP contribution in [0.3, 0.4) is 0 Å². The molecule has 0 radical (unpaired) electrons. The zero-order valence-electron chi connectivity index (χ0n) is 15.1. The van der Waals surface area contributed by atoms with Crippen LogP contribution in [0.2, 0.25) is 0 Å². The van der Waals surface area contributed by atoms with Crippen LogP contribution in [-0.2, 0) is 15.4 Å². The molecular weight excluding hydrogens is 366 g/mol. The van der Waals surface area contributed by atoms with E-state index in [4.69, 9.17) is 0 Å². The van der Waals surface area contributed by atoms with Crippen molar-refractivity contribution in [1.29, 1.82) is 0 Å². The molecule has 0 amide bonds. The number of benzene rings is 2. The largest absolute Gasteiger partial charge is 0.387 e. The molecule has 1 unspecified atom stereocenters. The fraction of sp³-hybridized carbons (Fsp3) is 0.300. The Morgan fingerprint density at radius 2 is 1.73 bits per heavy atom. The van der Waals surface area contributed by atoms with Gasteiger partial charge in [0, 0.05) is 11.4 Å². The van der Waals surface area contributed by atoms with Crippen molar-refractivity contribution < 1.29 is 13.5 Å². The van der Waals surface area contributed by atoms with E-state index in [-0.39, 0.29) is 16.2 Å². The summed E-state index contributed by atoms with van der Waals surface area (Å²) in [6.45, 7) is 6.08. The van der Waals surface area contributed by atoms with E-state index in [0.29, 0.717) is 5.56 Å². The molecule has 0 aliphatic rings. The molecule has 1 aromatic heterocycles. The number of rotatable bonds is 5. The van der Waals surface area contributed by atoms with Crippen molar-refractivity contribution in [3.63, 3.8) is 0 Å². The van der Waals surface area contributed by atoms with E-state index in [1.165, 1.54) is 11.3 Å². The van der Waals surface area contributed by atoms with Crippen LogP contribution in [0.15, 0.2) is 58.8 Å². The summed E-state index contributed by atoms with van der Waals surface area (Å²) >= 11 is 1.26. The minimum absolute atomic E-state index is 0.0703. The van der Waals surface area contributed by atoms with Crippen molar-refractivity contribution in [2.75, 3.05) is 6.54 Å². The number of hydrogen-bond donors (Lipinski definition) is 2. The first-order valence-electron chi connectivity index (χ1n) is 8.44. The molecule has 6 heteroatoms. The van der Waals surface area contributed by atoms with Crippen molar-refractivity contribution in [3.8, 4) is 0 Å². The summed E-state index contributed by atoms with van der Waals surface area (Å²) in [4.78, 5) is 1.01. The molecule has 138 valence electrons. The Balaban J connectivity index is 1.78. The van der Waals surface area contributed by atoms with E-state index in [9.17, 15) is 13.5 Å². The molecular formula is C20H23NO3S2. The number of sulfonamides is 1. The molecule has 0 spiro atoms. The highest BCUT2D eigenvalue weighted by molar-refractivity contribution is 7.91. The highest BCUT2D eigenvalue weighted by Gasteiger charge is 2.23. The lowest BCUT2D eigenvalue weighted by Gasteiger charge is -2.16. The van der Waals surface area contributed by atoms with E-state index < -0.39 is 16.1 Å². The average molecular weight is 390 g/mol. The molecule has 0 aliphatic heterocycles. The summed E-state index contributed by atoms with van der Waals surface area (Å²) in [6, 6.07) is 16.9. The monoisotopic (exact) mass is 389 g/mol. The van der Waals surface area contributed by atoms with Crippen molar-refractivity contribution in [2.45, 2.75) is 36.5 Å². The minimum Gasteiger partial charge on any atom is -0.387 e. The van der Waals surface area contributed by atoms with Crippen molar-refractivity contribution >= 4 is 32.1 Å². The van der Waals surface area contributed by atoms with Gasteiger partial charge in [0.25, 0.3) is 0 Å². The van der Waals surface area contributed by atoms with Crippen LogP contribution in [0.25, 0.3) is 10.8 Å². The van der Waals surface area contributed by atoms with Crippen LogP contribution >= 0.6 is 11.3 Å². The van der Waals surface area contributed by atoms with Gasteiger partial charge >= 0.3 is 0 Å². The van der Waals surface area contributed by atoms with Gasteiger partial charge in [-0.15, -0.1) is 11.3 Å². The first-order valence-corrected chi connectivity index (χ1v) is 10.7. The van der Waals surface area contributed by atoms with Crippen molar-refractivity contribution in [1.82, 2.24) is 4.72 Å². The van der Waals surface area contributed by atoms with Crippen LogP contribution in [0.5, 0.6) is 0 Å². The number of fused-ring (bicyclic) bond motifs is 1. The highest BCUT2D eigenvalue weighted by atomic mass is 32.2. The van der Waals surface area contributed by atoms with E-state index >= 15 is 0 Å². The molecule has 0 saturated carbocycles. The molecule has 1 heterocycles. The van der Waals surface area contributed by atoms with Crippen LogP contribution < -0.4 is 4.72 Å². The molecule has 4 nitrogen and oxygen atoms in total. The Bertz CT molecular complexity index is 1010. The van der Waals surface area contributed by atoms with Crippen molar-refractivity contribution in [2.24, 2.45) is 0 Å². The second-order valence-electron chi connectivity index (χ2n) is 7.30. The van der Waals surface area contributed by atoms with Crippen molar-refractivity contribution in [3.05, 3.63) is 65.0 Å². The first-order chi connectivity index (χ1) is 12.2. The van der Waals surface area contributed by atoms with Gasteiger partial charge in [-0.05, 0) is 33.9 Å². The average Bonchev–Trinajstić information content (AvgIpc) is 3.11. The second-order valence-corrected chi connectivity index (χ2v) is 10.4. The van der Waals surface area contributed by atoms with E-state index in [1.807, 2.05) is 69.3 Å². The van der Waals surface area contributed by atoms with Gasteiger partial charge in [-0.1, -0.05) is 63.2 Å². The van der Waals surface area contributed by atoms with Gasteiger partial charge in [0.1, 0.15) is 4.21 Å². The Kier molecular flexibility index (Phi) is 5.21. The zero-order chi connectivity index (χ0) is 18.9. The fourth-order valence-corrected chi connectivity index (χ4v) is 5.23. The van der Waals surface area contributed by atoms with Gasteiger partial charge in [-0.2, -0.15) is 0 Å². The lowest BCUT2D eigenvalue weighted by molar-refractivity contribution is 0.183. The number of nitrogens with one attached hydrogen (secondary N) is 1. The van der Waals surface area contributed by atoms with Crippen LogP contribution in [0.4, 0.5) is 0 Å². The van der Waals surface area contributed by atoms with E-state index in [2.05, 4.69) is 4.72 Å².